The van der Waals surface area contributed by atoms with Crippen molar-refractivity contribution in [3.8, 4) is 0 Å². The summed E-state index contributed by atoms with van der Waals surface area (Å²) in [6, 6.07) is 3.68. The van der Waals surface area contributed by atoms with E-state index in [0.717, 1.165) is 18.4 Å². The van der Waals surface area contributed by atoms with E-state index in [1.807, 2.05) is 19.9 Å². The van der Waals surface area contributed by atoms with E-state index in [2.05, 4.69) is 10.1 Å². The zero-order chi connectivity index (χ0) is 12.0. The second-order valence-corrected chi connectivity index (χ2v) is 5.84. The lowest BCUT2D eigenvalue weighted by Gasteiger charge is -2.19. The summed E-state index contributed by atoms with van der Waals surface area (Å²) in [6.07, 6.45) is 5.12. The number of hydrogen-bond acceptors (Lipinski definition) is 2. The van der Waals surface area contributed by atoms with Crippen molar-refractivity contribution in [3.05, 3.63) is 30.1 Å². The second kappa shape index (κ2) is 6.14. The Hall–Kier alpha value is -0.700. The third kappa shape index (κ3) is 4.44. The van der Waals surface area contributed by atoms with Gasteiger partial charge < -0.3 is 4.89 Å². The van der Waals surface area contributed by atoms with Gasteiger partial charge in [-0.15, -0.1) is 0 Å². The van der Waals surface area contributed by atoms with Crippen LogP contribution in [0.15, 0.2) is 24.5 Å². The van der Waals surface area contributed by atoms with Gasteiger partial charge in [0.15, 0.2) is 0 Å². The fourth-order valence-electron chi connectivity index (χ4n) is 1.54. The summed E-state index contributed by atoms with van der Waals surface area (Å²) >= 11 is 0. The van der Waals surface area contributed by atoms with Gasteiger partial charge in [-0.25, -0.2) is 5.09 Å². The summed E-state index contributed by atoms with van der Waals surface area (Å²) in [7, 11) is -3.29. The second-order valence-electron chi connectivity index (χ2n) is 3.86. The molecule has 0 amide bonds. The van der Waals surface area contributed by atoms with Crippen LogP contribution in [0.3, 0.4) is 0 Å². The van der Waals surface area contributed by atoms with Gasteiger partial charge in [-0.2, -0.15) is 0 Å². The third-order valence-electron chi connectivity index (χ3n) is 2.49. The van der Waals surface area contributed by atoms with Gasteiger partial charge in [-0.05, 0) is 24.5 Å². The maximum absolute atomic E-state index is 11.9. The maximum atomic E-state index is 11.9. The molecule has 0 saturated heterocycles. The molecule has 0 saturated carbocycles. The van der Waals surface area contributed by atoms with E-state index in [1.165, 1.54) is 0 Å². The number of pyridine rings is 1. The molecule has 1 aromatic rings. The molecule has 0 aliphatic heterocycles. The van der Waals surface area contributed by atoms with Crippen LogP contribution >= 0.6 is 7.52 Å². The van der Waals surface area contributed by atoms with Gasteiger partial charge >= 0.3 is 0 Å². The highest BCUT2D eigenvalue weighted by atomic mass is 31.2. The van der Waals surface area contributed by atoms with Crippen LogP contribution in [0.4, 0.5) is 0 Å². The molecule has 0 spiro atoms. The van der Waals surface area contributed by atoms with Gasteiger partial charge in [0.2, 0.25) is 0 Å². The Labute approximate surface area is 96.6 Å². The summed E-state index contributed by atoms with van der Waals surface area (Å²) in [5, 5.41) is 2.82. The first-order valence-corrected chi connectivity index (χ1v) is 7.40. The lowest BCUT2D eigenvalue weighted by Crippen LogP contribution is -2.25. The van der Waals surface area contributed by atoms with Crippen molar-refractivity contribution in [1.82, 2.24) is 10.1 Å². The predicted molar refractivity (Wildman–Crippen MR) is 65.3 cm³/mol. The molecule has 0 aliphatic carbocycles. The first kappa shape index (κ1) is 13.4. The molecule has 4 nitrogen and oxygen atoms in total. The van der Waals surface area contributed by atoms with Crippen LogP contribution in [0.1, 0.15) is 32.3 Å². The number of nitrogens with one attached hydrogen (secondary N) is 1. The highest BCUT2D eigenvalue weighted by Crippen LogP contribution is 2.40. The molecule has 5 heteroatoms. The molecule has 1 atom stereocenters. The summed E-state index contributed by atoms with van der Waals surface area (Å²) < 4.78 is 11.9. The lowest BCUT2D eigenvalue weighted by molar-refractivity contribution is 0.438. The lowest BCUT2D eigenvalue weighted by atomic mass is 10.2. The van der Waals surface area contributed by atoms with Crippen LogP contribution in [-0.2, 0) is 10.7 Å². The fraction of sp³-hybridized carbons (Fsp3) is 0.545. The average Bonchev–Trinajstić information content (AvgIpc) is 2.26. The monoisotopic (exact) mass is 242 g/mol. The van der Waals surface area contributed by atoms with Crippen LogP contribution in [-0.4, -0.2) is 15.9 Å². The number of hydrogen-bond donors (Lipinski definition) is 2. The Morgan fingerprint density at radius 3 is 2.69 bits per heavy atom. The molecule has 1 heterocycles. The van der Waals surface area contributed by atoms with Crippen LogP contribution in [0.2, 0.25) is 0 Å². The number of nitrogens with zero attached hydrogens (tertiary/aromatic N) is 1. The molecule has 90 valence electrons. The predicted octanol–water partition coefficient (Wildman–Crippen LogP) is 2.55. The molecule has 16 heavy (non-hydrogen) atoms. The van der Waals surface area contributed by atoms with Gasteiger partial charge in [0.25, 0.3) is 7.52 Å². The van der Waals surface area contributed by atoms with Gasteiger partial charge in [-0.3, -0.25) is 9.55 Å². The fourth-order valence-corrected chi connectivity index (χ4v) is 3.25. The molecular formula is C11H19N2O2P. The van der Waals surface area contributed by atoms with Crippen molar-refractivity contribution in [2.24, 2.45) is 0 Å². The Morgan fingerprint density at radius 1 is 1.50 bits per heavy atom. The van der Waals surface area contributed by atoms with E-state index in [9.17, 15) is 9.46 Å². The third-order valence-corrected chi connectivity index (χ3v) is 4.05. The molecule has 0 aromatic carbocycles. The topological polar surface area (TPSA) is 62.2 Å². The smallest absolute Gasteiger partial charge is 0.271 e. The first-order chi connectivity index (χ1) is 7.57. The van der Waals surface area contributed by atoms with E-state index < -0.39 is 7.52 Å². The van der Waals surface area contributed by atoms with Gasteiger partial charge in [0.05, 0.1) is 6.16 Å². The normalized spacial score (nSPS) is 15.0. The molecule has 0 fully saturated rings. The zero-order valence-electron chi connectivity index (χ0n) is 9.76. The van der Waals surface area contributed by atoms with Crippen molar-refractivity contribution in [2.45, 2.75) is 38.9 Å². The van der Waals surface area contributed by atoms with Gasteiger partial charge in [0.1, 0.15) is 0 Å². The largest absolute Gasteiger partial charge is 0.333 e. The molecule has 0 radical (unpaired) electrons. The SMILES string of the molecule is CCC(CC)NP(=O)(O)Cc1cccnc1. The van der Waals surface area contributed by atoms with E-state index in [0.29, 0.717) is 0 Å². The van der Waals surface area contributed by atoms with Crippen LogP contribution in [0, 0.1) is 0 Å². The number of rotatable bonds is 6. The minimum atomic E-state index is -3.29. The first-order valence-electron chi connectivity index (χ1n) is 5.56. The van der Waals surface area contributed by atoms with Crippen molar-refractivity contribution in [3.63, 3.8) is 0 Å². The maximum Gasteiger partial charge on any atom is 0.271 e. The minimum Gasteiger partial charge on any atom is -0.333 e. The Morgan fingerprint density at radius 2 is 2.19 bits per heavy atom. The van der Waals surface area contributed by atoms with Crippen molar-refractivity contribution in [1.29, 1.82) is 0 Å². The standard InChI is InChI=1S/C11H19N2O2P/c1-3-11(4-2)13-16(14,15)9-10-6-5-7-12-8-10/h5-8,11H,3-4,9H2,1-2H3,(H2,13,14,15). The number of aromatic nitrogens is 1. The molecule has 1 rings (SSSR count). The van der Waals surface area contributed by atoms with Crippen molar-refractivity contribution < 1.29 is 9.46 Å². The van der Waals surface area contributed by atoms with E-state index in [-0.39, 0.29) is 12.2 Å². The summed E-state index contributed by atoms with van der Waals surface area (Å²) in [5.41, 5.74) is 0.784. The van der Waals surface area contributed by atoms with Crippen LogP contribution in [0.5, 0.6) is 0 Å². The van der Waals surface area contributed by atoms with E-state index >= 15 is 0 Å². The highest BCUT2D eigenvalue weighted by Gasteiger charge is 2.21. The van der Waals surface area contributed by atoms with E-state index in [1.54, 1.807) is 18.5 Å². The molecule has 2 N–H and O–H groups in total. The molecule has 1 unspecified atom stereocenters. The summed E-state index contributed by atoms with van der Waals surface area (Å²) in [5.74, 6) is 0. The van der Waals surface area contributed by atoms with Gasteiger partial charge in [-0.1, -0.05) is 19.9 Å². The highest BCUT2D eigenvalue weighted by molar-refractivity contribution is 7.55. The average molecular weight is 242 g/mol. The van der Waals surface area contributed by atoms with Crippen molar-refractivity contribution >= 4 is 7.52 Å². The zero-order valence-corrected chi connectivity index (χ0v) is 10.7. The Kier molecular flexibility index (Phi) is 5.13. The van der Waals surface area contributed by atoms with Crippen molar-refractivity contribution in [2.75, 3.05) is 0 Å². The van der Waals surface area contributed by atoms with Crippen LogP contribution < -0.4 is 5.09 Å². The molecular weight excluding hydrogens is 223 g/mol. The Bertz CT molecular complexity index is 352. The Balaban J connectivity index is 2.61. The molecule has 0 bridgehead atoms. The molecule has 1 aromatic heterocycles. The van der Waals surface area contributed by atoms with E-state index in [4.69, 9.17) is 0 Å². The van der Waals surface area contributed by atoms with Crippen LogP contribution in [0.25, 0.3) is 0 Å². The quantitative estimate of drug-likeness (QED) is 0.752. The molecule has 0 aliphatic rings. The van der Waals surface area contributed by atoms with Gasteiger partial charge in [0, 0.05) is 18.4 Å². The minimum absolute atomic E-state index is 0.104. The summed E-state index contributed by atoms with van der Waals surface area (Å²) in [4.78, 5) is 13.7. The summed E-state index contributed by atoms with van der Waals surface area (Å²) in [6.45, 7) is 4.01.